The quantitative estimate of drug-likeness (QED) is 0.435. The van der Waals surface area contributed by atoms with E-state index in [1.54, 1.807) is 11.8 Å². The first-order valence-electron chi connectivity index (χ1n) is 14.2. The van der Waals surface area contributed by atoms with E-state index in [9.17, 15) is 10.2 Å². The first-order chi connectivity index (χ1) is 16.2. The highest BCUT2D eigenvalue weighted by molar-refractivity contribution is 5.27. The molecule has 188 valence electrons. The van der Waals surface area contributed by atoms with E-state index in [2.05, 4.69) is 38.8 Å². The summed E-state index contributed by atoms with van der Waals surface area (Å²) >= 11 is 0. The second-order valence-corrected chi connectivity index (χ2v) is 13.1. The second-order valence-electron chi connectivity index (χ2n) is 13.1. The van der Waals surface area contributed by atoms with Gasteiger partial charge >= 0.3 is 0 Å². The average molecular weight is 466 g/mol. The zero-order valence-electron chi connectivity index (χ0n) is 22.0. The van der Waals surface area contributed by atoms with Crippen molar-refractivity contribution in [3.05, 3.63) is 41.7 Å². The molecular weight excluding hydrogens is 418 g/mol. The molecule has 4 aliphatic rings. The largest absolute Gasteiger partial charge is 0.390 e. The smallest absolute Gasteiger partial charge is 0.0805 e. The molecule has 34 heavy (non-hydrogen) atoms. The van der Waals surface area contributed by atoms with Crippen LogP contribution in [0.25, 0.3) is 0 Å². The van der Waals surface area contributed by atoms with Crippen LogP contribution in [0.15, 0.2) is 36.2 Å². The van der Waals surface area contributed by atoms with Crippen LogP contribution in [0.3, 0.4) is 0 Å². The van der Waals surface area contributed by atoms with Crippen molar-refractivity contribution < 1.29 is 10.2 Å². The molecule has 0 saturated heterocycles. The summed E-state index contributed by atoms with van der Waals surface area (Å²) in [6.45, 7) is 9.77. The minimum absolute atomic E-state index is 0.309. The molecule has 1 unspecified atom stereocenters. The fourth-order valence-corrected chi connectivity index (χ4v) is 9.35. The van der Waals surface area contributed by atoms with Crippen molar-refractivity contribution >= 4 is 0 Å². The molecule has 0 aromatic carbocycles. The molecule has 1 aromatic heterocycles. The molecule has 0 spiro atoms. The fourth-order valence-electron chi connectivity index (χ4n) is 9.35. The minimum atomic E-state index is -0.463. The predicted octanol–water partition coefficient (Wildman–Crippen LogP) is 7.25. The van der Waals surface area contributed by atoms with Gasteiger partial charge in [-0.25, -0.2) is 0 Å². The highest BCUT2D eigenvalue weighted by atomic mass is 16.3. The zero-order chi connectivity index (χ0) is 24.1. The Labute approximate surface area is 207 Å². The Balaban J connectivity index is 1.28. The summed E-state index contributed by atoms with van der Waals surface area (Å²) in [6, 6.07) is 3.91. The molecule has 5 rings (SSSR count). The Bertz CT molecular complexity index is 898. The van der Waals surface area contributed by atoms with Gasteiger partial charge in [-0.2, -0.15) is 0 Å². The predicted molar refractivity (Wildman–Crippen MR) is 138 cm³/mol. The summed E-state index contributed by atoms with van der Waals surface area (Å²) in [5.74, 6) is 3.88. The maximum Gasteiger partial charge on any atom is 0.0805 e. The average Bonchev–Trinajstić information content (AvgIpc) is 3.20. The molecule has 2 N–H and O–H groups in total. The first-order valence-corrected chi connectivity index (χ1v) is 14.2. The first kappa shape index (κ1) is 24.5. The van der Waals surface area contributed by atoms with Gasteiger partial charge in [0.05, 0.1) is 11.7 Å². The number of rotatable bonds is 6. The van der Waals surface area contributed by atoms with Crippen LogP contribution in [-0.2, 0) is 0 Å². The van der Waals surface area contributed by atoms with Gasteiger partial charge in [-0.1, -0.05) is 45.4 Å². The van der Waals surface area contributed by atoms with Gasteiger partial charge < -0.3 is 10.2 Å². The van der Waals surface area contributed by atoms with Crippen molar-refractivity contribution in [2.24, 2.45) is 40.4 Å². The SMILES string of the molecule is CC[C@]1(O)CC[C@@]2(C)C(=CC[C@H]3[C@@H]4CC[C@H](C(C)CC[C@@H](O)c5cccnc5)[C@@]4(C)CC[C@@H]32)C1. The summed E-state index contributed by atoms with van der Waals surface area (Å²) in [5.41, 5.74) is 2.82. The molecule has 9 atom stereocenters. The molecule has 0 radical (unpaired) electrons. The number of hydrogen-bond acceptors (Lipinski definition) is 3. The third-order valence-corrected chi connectivity index (χ3v) is 11.6. The van der Waals surface area contributed by atoms with Crippen molar-refractivity contribution in [1.82, 2.24) is 4.98 Å². The molecule has 1 heterocycles. The maximum atomic E-state index is 11.0. The number of nitrogens with zero attached hydrogens (tertiary/aromatic N) is 1. The van der Waals surface area contributed by atoms with E-state index in [0.29, 0.717) is 16.7 Å². The Morgan fingerprint density at radius 2 is 1.91 bits per heavy atom. The highest BCUT2D eigenvalue weighted by Gasteiger charge is 2.59. The standard InChI is InChI=1S/C31H47NO2/c1-5-31(34)17-16-29(3)23(19-31)9-10-24-26-12-11-25(30(26,4)15-14-27(24)29)21(2)8-13-28(33)22-7-6-18-32-20-22/h6-7,9,18,20-21,24-28,33-34H,5,8,10-17,19H2,1-4H3/t21?,24-,25+,26-,27-,28+,29-,30+,31-/m0/s1. The van der Waals surface area contributed by atoms with Crippen molar-refractivity contribution in [3.63, 3.8) is 0 Å². The summed E-state index contributed by atoms with van der Waals surface area (Å²) in [7, 11) is 0. The number of aliphatic hydroxyl groups excluding tert-OH is 1. The normalized spacial score (nSPS) is 43.3. The van der Waals surface area contributed by atoms with E-state index < -0.39 is 11.7 Å². The third kappa shape index (κ3) is 3.99. The van der Waals surface area contributed by atoms with Crippen molar-refractivity contribution in [2.75, 3.05) is 0 Å². The van der Waals surface area contributed by atoms with Crippen molar-refractivity contribution in [1.29, 1.82) is 0 Å². The Kier molecular flexibility index (Phi) is 6.51. The molecule has 0 amide bonds. The number of allylic oxidation sites excluding steroid dienone is 1. The summed E-state index contributed by atoms with van der Waals surface area (Å²) in [6.07, 6.45) is 18.3. The molecule has 0 aliphatic heterocycles. The van der Waals surface area contributed by atoms with Crippen LogP contribution in [0.2, 0.25) is 0 Å². The monoisotopic (exact) mass is 465 g/mol. The van der Waals surface area contributed by atoms with Gasteiger partial charge in [0, 0.05) is 12.4 Å². The van der Waals surface area contributed by atoms with E-state index in [0.717, 1.165) is 61.3 Å². The van der Waals surface area contributed by atoms with Gasteiger partial charge in [0.25, 0.3) is 0 Å². The van der Waals surface area contributed by atoms with Crippen molar-refractivity contribution in [3.8, 4) is 0 Å². The van der Waals surface area contributed by atoms with Crippen LogP contribution in [0.4, 0.5) is 0 Å². The number of aromatic nitrogens is 1. The number of pyridine rings is 1. The number of fused-ring (bicyclic) bond motifs is 5. The van der Waals surface area contributed by atoms with Gasteiger partial charge in [-0.15, -0.1) is 0 Å². The van der Waals surface area contributed by atoms with E-state index in [1.807, 2.05) is 18.3 Å². The van der Waals surface area contributed by atoms with Crippen molar-refractivity contribution in [2.45, 2.75) is 110 Å². The highest BCUT2D eigenvalue weighted by Crippen LogP contribution is 2.67. The molecule has 3 saturated carbocycles. The van der Waals surface area contributed by atoms with Crippen LogP contribution in [0, 0.1) is 40.4 Å². The van der Waals surface area contributed by atoms with Gasteiger partial charge in [-0.05, 0) is 123 Å². The lowest BCUT2D eigenvalue weighted by atomic mass is 9.46. The number of hydrogen-bond donors (Lipinski definition) is 2. The fraction of sp³-hybridized carbons (Fsp3) is 0.774. The molecule has 4 aliphatic carbocycles. The zero-order valence-corrected chi connectivity index (χ0v) is 22.0. The Morgan fingerprint density at radius 1 is 1.09 bits per heavy atom. The Hall–Kier alpha value is -1.19. The lowest BCUT2D eigenvalue weighted by Crippen LogP contribution is -2.52. The molecule has 1 aromatic rings. The van der Waals surface area contributed by atoms with Crippen LogP contribution in [0.5, 0.6) is 0 Å². The molecular formula is C31H47NO2. The van der Waals surface area contributed by atoms with Crippen LogP contribution in [-0.4, -0.2) is 20.8 Å². The van der Waals surface area contributed by atoms with E-state index in [4.69, 9.17) is 0 Å². The van der Waals surface area contributed by atoms with E-state index in [1.165, 1.54) is 38.5 Å². The van der Waals surface area contributed by atoms with Crippen LogP contribution >= 0.6 is 0 Å². The lowest BCUT2D eigenvalue weighted by Gasteiger charge is -2.59. The van der Waals surface area contributed by atoms with Gasteiger partial charge in [0.2, 0.25) is 0 Å². The maximum absolute atomic E-state index is 11.0. The summed E-state index contributed by atoms with van der Waals surface area (Å²) in [4.78, 5) is 4.18. The number of aliphatic hydroxyl groups is 2. The minimum Gasteiger partial charge on any atom is -0.390 e. The topological polar surface area (TPSA) is 53.4 Å². The van der Waals surface area contributed by atoms with Gasteiger partial charge in [0.1, 0.15) is 0 Å². The van der Waals surface area contributed by atoms with Crippen LogP contribution < -0.4 is 0 Å². The van der Waals surface area contributed by atoms with Gasteiger partial charge in [-0.3, -0.25) is 4.98 Å². The summed E-state index contributed by atoms with van der Waals surface area (Å²) in [5, 5.41) is 21.7. The third-order valence-electron chi connectivity index (χ3n) is 11.6. The lowest BCUT2D eigenvalue weighted by molar-refractivity contribution is -0.0757. The van der Waals surface area contributed by atoms with E-state index >= 15 is 0 Å². The van der Waals surface area contributed by atoms with Crippen LogP contribution in [0.1, 0.15) is 110 Å². The molecule has 0 bridgehead atoms. The second kappa shape index (κ2) is 9.04. The molecule has 3 nitrogen and oxygen atoms in total. The van der Waals surface area contributed by atoms with Gasteiger partial charge in [0.15, 0.2) is 0 Å². The molecule has 3 heteroatoms. The summed E-state index contributed by atoms with van der Waals surface area (Å²) < 4.78 is 0. The molecule has 3 fully saturated rings. The Morgan fingerprint density at radius 3 is 2.65 bits per heavy atom. The van der Waals surface area contributed by atoms with E-state index in [-0.39, 0.29) is 0 Å².